The van der Waals surface area contributed by atoms with E-state index in [1.54, 1.807) is 24.1 Å². The Balaban J connectivity index is 3.06. The minimum absolute atomic E-state index is 0.0111. The molecule has 100 valence electrons. The maximum absolute atomic E-state index is 12.4. The SMILES string of the molecule is CNc1ccc(Cl)cc1C(=O)N(C)C(C)C(C)C. The summed E-state index contributed by atoms with van der Waals surface area (Å²) in [6, 6.07) is 5.49. The van der Waals surface area contributed by atoms with E-state index < -0.39 is 0 Å². The largest absolute Gasteiger partial charge is 0.387 e. The van der Waals surface area contributed by atoms with Crippen molar-refractivity contribution in [3.63, 3.8) is 0 Å². The van der Waals surface area contributed by atoms with Gasteiger partial charge < -0.3 is 10.2 Å². The zero-order valence-electron chi connectivity index (χ0n) is 11.6. The van der Waals surface area contributed by atoms with E-state index in [1.165, 1.54) is 0 Å². The molecule has 3 nitrogen and oxygen atoms in total. The van der Waals surface area contributed by atoms with E-state index in [1.807, 2.05) is 20.0 Å². The number of hydrogen-bond acceptors (Lipinski definition) is 2. The molecule has 0 aliphatic carbocycles. The van der Waals surface area contributed by atoms with Crippen LogP contribution in [0, 0.1) is 5.92 Å². The lowest BCUT2D eigenvalue weighted by molar-refractivity contribution is 0.0708. The number of carbonyl (C=O) groups excluding carboxylic acids is 1. The molecule has 1 N–H and O–H groups in total. The van der Waals surface area contributed by atoms with E-state index >= 15 is 0 Å². The first kappa shape index (κ1) is 14.8. The monoisotopic (exact) mass is 268 g/mol. The van der Waals surface area contributed by atoms with Gasteiger partial charge in [-0.05, 0) is 31.0 Å². The molecule has 18 heavy (non-hydrogen) atoms. The normalized spacial score (nSPS) is 12.4. The maximum atomic E-state index is 12.4. The van der Waals surface area contributed by atoms with Crippen LogP contribution in [0.25, 0.3) is 0 Å². The van der Waals surface area contributed by atoms with Gasteiger partial charge in [-0.1, -0.05) is 25.4 Å². The highest BCUT2D eigenvalue weighted by Gasteiger charge is 2.22. The number of benzene rings is 1. The van der Waals surface area contributed by atoms with Crippen molar-refractivity contribution in [2.24, 2.45) is 5.92 Å². The minimum atomic E-state index is -0.0111. The van der Waals surface area contributed by atoms with Crippen LogP contribution in [0.3, 0.4) is 0 Å². The third-order valence-corrected chi connectivity index (χ3v) is 3.61. The Bertz CT molecular complexity index is 432. The highest BCUT2D eigenvalue weighted by atomic mass is 35.5. The van der Waals surface area contributed by atoms with Gasteiger partial charge in [0.1, 0.15) is 0 Å². The zero-order chi connectivity index (χ0) is 13.9. The van der Waals surface area contributed by atoms with Gasteiger partial charge >= 0.3 is 0 Å². The van der Waals surface area contributed by atoms with Gasteiger partial charge in [0.05, 0.1) is 5.56 Å². The molecule has 4 heteroatoms. The molecule has 0 bridgehead atoms. The van der Waals surface area contributed by atoms with Crippen molar-refractivity contribution < 1.29 is 4.79 Å². The molecule has 0 saturated carbocycles. The lowest BCUT2D eigenvalue weighted by atomic mass is 10.0. The van der Waals surface area contributed by atoms with Crippen molar-refractivity contribution in [2.75, 3.05) is 19.4 Å². The molecule has 1 unspecified atom stereocenters. The van der Waals surface area contributed by atoms with Crippen LogP contribution in [0.2, 0.25) is 5.02 Å². The number of rotatable bonds is 4. The maximum Gasteiger partial charge on any atom is 0.255 e. The molecular formula is C14H21ClN2O. The van der Waals surface area contributed by atoms with Crippen molar-refractivity contribution in [1.29, 1.82) is 0 Å². The molecule has 1 rings (SSSR count). The molecule has 0 aliphatic rings. The summed E-state index contributed by atoms with van der Waals surface area (Å²) in [7, 11) is 3.62. The van der Waals surface area contributed by atoms with Gasteiger partial charge in [-0.25, -0.2) is 0 Å². The van der Waals surface area contributed by atoms with Crippen molar-refractivity contribution in [3.8, 4) is 0 Å². The predicted molar refractivity (Wildman–Crippen MR) is 77.4 cm³/mol. The van der Waals surface area contributed by atoms with E-state index in [4.69, 9.17) is 11.6 Å². The second-order valence-corrected chi connectivity index (χ2v) is 5.28. The first-order valence-electron chi connectivity index (χ1n) is 6.13. The number of halogens is 1. The van der Waals surface area contributed by atoms with E-state index in [0.29, 0.717) is 16.5 Å². The van der Waals surface area contributed by atoms with Crippen molar-refractivity contribution in [1.82, 2.24) is 4.90 Å². The Hall–Kier alpha value is -1.22. The smallest absolute Gasteiger partial charge is 0.255 e. The molecule has 1 amide bonds. The van der Waals surface area contributed by atoms with E-state index in [0.717, 1.165) is 5.69 Å². The fourth-order valence-corrected chi connectivity index (χ4v) is 1.91. The van der Waals surface area contributed by atoms with E-state index in [-0.39, 0.29) is 11.9 Å². The summed E-state index contributed by atoms with van der Waals surface area (Å²) in [6.07, 6.45) is 0. The van der Waals surface area contributed by atoms with Crippen LogP contribution in [-0.4, -0.2) is 30.9 Å². The number of nitrogens with zero attached hydrogens (tertiary/aromatic N) is 1. The summed E-state index contributed by atoms with van der Waals surface area (Å²) in [5.74, 6) is 0.402. The van der Waals surface area contributed by atoms with Crippen LogP contribution in [0.15, 0.2) is 18.2 Å². The van der Waals surface area contributed by atoms with Gasteiger partial charge in [0.2, 0.25) is 0 Å². The molecule has 0 aliphatic heterocycles. The number of amides is 1. The van der Waals surface area contributed by atoms with Gasteiger partial charge in [0.25, 0.3) is 5.91 Å². The van der Waals surface area contributed by atoms with Crippen LogP contribution in [0.5, 0.6) is 0 Å². The summed E-state index contributed by atoms with van der Waals surface area (Å²) in [6.45, 7) is 6.25. The summed E-state index contributed by atoms with van der Waals surface area (Å²) >= 11 is 5.97. The standard InChI is InChI=1S/C14H21ClN2O/c1-9(2)10(3)17(5)14(18)12-8-11(15)6-7-13(12)16-4/h6-10,16H,1-5H3. The van der Waals surface area contributed by atoms with Crippen LogP contribution in [-0.2, 0) is 0 Å². The molecule has 1 aromatic carbocycles. The topological polar surface area (TPSA) is 32.3 Å². The molecule has 0 aromatic heterocycles. The average Bonchev–Trinajstić information content (AvgIpc) is 2.35. The van der Waals surface area contributed by atoms with Crippen LogP contribution in [0.4, 0.5) is 5.69 Å². The number of hydrogen-bond donors (Lipinski definition) is 1. The van der Waals surface area contributed by atoms with Crippen LogP contribution >= 0.6 is 11.6 Å². The van der Waals surface area contributed by atoms with Gasteiger partial charge in [0, 0.05) is 30.8 Å². The molecule has 0 saturated heterocycles. The van der Waals surface area contributed by atoms with E-state index in [9.17, 15) is 4.79 Å². The Morgan fingerprint density at radius 2 is 1.94 bits per heavy atom. The average molecular weight is 269 g/mol. The molecule has 1 aromatic rings. The number of carbonyl (C=O) groups is 1. The van der Waals surface area contributed by atoms with Crippen molar-refractivity contribution in [3.05, 3.63) is 28.8 Å². The molecule has 0 heterocycles. The Morgan fingerprint density at radius 3 is 2.44 bits per heavy atom. The first-order valence-corrected chi connectivity index (χ1v) is 6.50. The van der Waals surface area contributed by atoms with Crippen LogP contribution < -0.4 is 5.32 Å². The lowest BCUT2D eigenvalue weighted by Crippen LogP contribution is -2.38. The predicted octanol–water partition coefficient (Wildman–Crippen LogP) is 3.50. The zero-order valence-corrected chi connectivity index (χ0v) is 12.4. The highest BCUT2D eigenvalue weighted by Crippen LogP contribution is 2.23. The Labute approximate surface area is 114 Å². The summed E-state index contributed by atoms with van der Waals surface area (Å²) < 4.78 is 0. The van der Waals surface area contributed by atoms with Crippen LogP contribution in [0.1, 0.15) is 31.1 Å². The third-order valence-electron chi connectivity index (χ3n) is 3.38. The molecular weight excluding hydrogens is 248 g/mol. The molecule has 1 atom stereocenters. The molecule has 0 radical (unpaired) electrons. The fourth-order valence-electron chi connectivity index (χ4n) is 1.73. The second-order valence-electron chi connectivity index (χ2n) is 4.84. The first-order chi connectivity index (χ1) is 8.38. The Morgan fingerprint density at radius 1 is 1.33 bits per heavy atom. The fraction of sp³-hybridized carbons (Fsp3) is 0.500. The minimum Gasteiger partial charge on any atom is -0.387 e. The molecule has 0 fully saturated rings. The molecule has 0 spiro atoms. The van der Waals surface area contributed by atoms with Gasteiger partial charge in [-0.2, -0.15) is 0 Å². The van der Waals surface area contributed by atoms with Gasteiger partial charge in [-0.15, -0.1) is 0 Å². The highest BCUT2D eigenvalue weighted by molar-refractivity contribution is 6.31. The Kier molecular flexibility index (Phi) is 5.03. The number of nitrogens with one attached hydrogen (secondary N) is 1. The van der Waals surface area contributed by atoms with Gasteiger partial charge in [-0.3, -0.25) is 4.79 Å². The summed E-state index contributed by atoms with van der Waals surface area (Å²) in [4.78, 5) is 14.2. The summed E-state index contributed by atoms with van der Waals surface area (Å²) in [5.41, 5.74) is 1.41. The number of anilines is 1. The second kappa shape index (κ2) is 6.10. The van der Waals surface area contributed by atoms with E-state index in [2.05, 4.69) is 19.2 Å². The lowest BCUT2D eigenvalue weighted by Gasteiger charge is -2.28. The van der Waals surface area contributed by atoms with Crippen molar-refractivity contribution >= 4 is 23.2 Å². The quantitative estimate of drug-likeness (QED) is 0.907. The third kappa shape index (κ3) is 3.16. The summed E-state index contributed by atoms with van der Waals surface area (Å²) in [5, 5.41) is 3.59. The van der Waals surface area contributed by atoms with Crippen molar-refractivity contribution in [2.45, 2.75) is 26.8 Å². The van der Waals surface area contributed by atoms with Gasteiger partial charge in [0.15, 0.2) is 0 Å².